The molecule has 6 heteroatoms. The van der Waals surface area contributed by atoms with E-state index in [1.807, 2.05) is 0 Å². The second kappa shape index (κ2) is 63.9. The van der Waals surface area contributed by atoms with Gasteiger partial charge in [-0.25, -0.2) is 0 Å². The Kier molecular flexibility index (Phi) is 62.4. The fourth-order valence-electron chi connectivity index (χ4n) is 10.6. The molecule has 0 spiro atoms. The quantitative estimate of drug-likeness (QED) is 0.0320. The van der Waals surface area contributed by atoms with E-state index in [2.05, 4.69) is 43.5 Å². The zero-order valence-electron chi connectivity index (χ0n) is 50.1. The molecule has 0 heterocycles. The maximum Gasteiger partial charge on any atom is 0.305 e. The first-order valence-corrected chi connectivity index (χ1v) is 33.6. The molecule has 0 fully saturated rings. The summed E-state index contributed by atoms with van der Waals surface area (Å²) in [5.41, 5.74) is 0. The first-order valence-electron chi connectivity index (χ1n) is 33.6. The SMILES string of the molecule is CCCCCCCCCCCCCCCCCCCCC(O)C(CO)NC(=O)CCCCCCCCC/C=C\C/C=C\CCCCCCCCCCCOC(=O)CCCCCCCCCCCCCCCCCC. The van der Waals surface area contributed by atoms with Crippen molar-refractivity contribution >= 4 is 11.9 Å². The Hall–Kier alpha value is -1.66. The van der Waals surface area contributed by atoms with E-state index in [-0.39, 0.29) is 18.5 Å². The van der Waals surface area contributed by atoms with Gasteiger partial charge in [0.25, 0.3) is 0 Å². The number of aliphatic hydroxyl groups excluding tert-OH is 2. The summed E-state index contributed by atoms with van der Waals surface area (Å²) < 4.78 is 5.49. The number of carbonyl (C=O) groups is 2. The number of allylic oxidation sites excluding steroid dienone is 4. The lowest BCUT2D eigenvalue weighted by atomic mass is 10.0. The molecule has 1 amide bonds. The zero-order valence-corrected chi connectivity index (χ0v) is 50.1. The molecule has 0 radical (unpaired) electrons. The molecule has 2 atom stereocenters. The average Bonchev–Trinajstić information content (AvgIpc) is 3.40. The molecule has 0 aromatic heterocycles. The van der Waals surface area contributed by atoms with Gasteiger partial charge in [0, 0.05) is 12.8 Å². The van der Waals surface area contributed by atoms with E-state index >= 15 is 0 Å². The molecule has 0 rings (SSSR count). The topological polar surface area (TPSA) is 95.9 Å². The van der Waals surface area contributed by atoms with Crippen LogP contribution >= 0.6 is 0 Å². The monoisotopic (exact) mass is 1040 g/mol. The number of hydrogen-bond donors (Lipinski definition) is 3. The van der Waals surface area contributed by atoms with Crippen LogP contribution in [0.4, 0.5) is 0 Å². The number of rotatable bonds is 63. The molecule has 0 saturated carbocycles. The summed E-state index contributed by atoms with van der Waals surface area (Å²) >= 11 is 0. The van der Waals surface area contributed by atoms with Gasteiger partial charge in [-0.2, -0.15) is 0 Å². The van der Waals surface area contributed by atoms with Crippen molar-refractivity contribution < 1.29 is 24.5 Å². The van der Waals surface area contributed by atoms with Gasteiger partial charge in [0.15, 0.2) is 0 Å². The second-order valence-corrected chi connectivity index (χ2v) is 23.2. The van der Waals surface area contributed by atoms with Crippen LogP contribution in [0.15, 0.2) is 24.3 Å². The first-order chi connectivity index (χ1) is 36.5. The maximum atomic E-state index is 12.5. The highest BCUT2D eigenvalue weighted by Gasteiger charge is 2.20. The van der Waals surface area contributed by atoms with Crippen LogP contribution in [0.2, 0.25) is 0 Å². The predicted octanol–water partition coefficient (Wildman–Crippen LogP) is 21.4. The predicted molar refractivity (Wildman–Crippen MR) is 324 cm³/mol. The summed E-state index contributed by atoms with van der Waals surface area (Å²) in [4.78, 5) is 24.6. The largest absolute Gasteiger partial charge is 0.466 e. The Bertz CT molecular complexity index is 1150. The third-order valence-corrected chi connectivity index (χ3v) is 15.8. The van der Waals surface area contributed by atoms with Gasteiger partial charge in [-0.05, 0) is 57.8 Å². The molecule has 0 aliphatic heterocycles. The summed E-state index contributed by atoms with van der Waals surface area (Å²) in [6.45, 7) is 4.98. The molecule has 74 heavy (non-hydrogen) atoms. The van der Waals surface area contributed by atoms with Crippen molar-refractivity contribution in [3.05, 3.63) is 24.3 Å². The number of ether oxygens (including phenoxy) is 1. The van der Waals surface area contributed by atoms with Gasteiger partial charge in [-0.15, -0.1) is 0 Å². The normalized spacial score (nSPS) is 12.6. The number of unbranched alkanes of at least 4 members (excludes halogenated alkanes) is 48. The van der Waals surface area contributed by atoms with Crippen molar-refractivity contribution in [2.24, 2.45) is 0 Å². The summed E-state index contributed by atoms with van der Waals surface area (Å²) in [6.07, 6.45) is 79.2. The first kappa shape index (κ1) is 72.3. The molecule has 2 unspecified atom stereocenters. The van der Waals surface area contributed by atoms with Gasteiger partial charge in [0.2, 0.25) is 5.91 Å². The van der Waals surface area contributed by atoms with E-state index in [4.69, 9.17) is 4.74 Å². The maximum absolute atomic E-state index is 12.5. The number of nitrogens with one attached hydrogen (secondary N) is 1. The lowest BCUT2D eigenvalue weighted by Crippen LogP contribution is -2.45. The Labute approximate surface area is 462 Å². The second-order valence-electron chi connectivity index (χ2n) is 23.2. The molecule has 0 aromatic carbocycles. The van der Waals surface area contributed by atoms with Crippen LogP contribution in [-0.4, -0.2) is 47.4 Å². The molecule has 6 nitrogen and oxygen atoms in total. The number of carbonyl (C=O) groups excluding carboxylic acids is 2. The van der Waals surface area contributed by atoms with Crippen LogP contribution in [0, 0.1) is 0 Å². The minimum absolute atomic E-state index is 0.0112. The number of hydrogen-bond acceptors (Lipinski definition) is 5. The standard InChI is InChI=1S/C68H131NO5/c1-3-5-7-9-11-13-15-17-19-21-29-32-36-40-44-48-52-56-60-66(71)65(64-70)69-67(72)61-57-53-49-45-41-37-33-30-27-25-23-22-24-26-28-31-35-39-43-47-51-55-59-63-74-68(73)62-58-54-50-46-42-38-34-20-18-16-14-12-10-8-6-4-2/h22,24-25,27,65-66,70-71H,3-21,23,26,28-64H2,1-2H3,(H,69,72)/b24-22-,27-25-. The van der Waals surface area contributed by atoms with E-state index in [1.165, 1.54) is 295 Å². The van der Waals surface area contributed by atoms with Crippen LogP contribution in [0.5, 0.6) is 0 Å². The van der Waals surface area contributed by atoms with E-state index in [0.717, 1.165) is 44.9 Å². The minimum Gasteiger partial charge on any atom is -0.466 e. The van der Waals surface area contributed by atoms with Crippen LogP contribution in [0.3, 0.4) is 0 Å². The van der Waals surface area contributed by atoms with Crippen molar-refractivity contribution in [1.82, 2.24) is 5.32 Å². The van der Waals surface area contributed by atoms with Crippen molar-refractivity contribution in [3.63, 3.8) is 0 Å². The van der Waals surface area contributed by atoms with Gasteiger partial charge < -0.3 is 20.3 Å². The molecular weight excluding hydrogens is 911 g/mol. The Morgan fingerprint density at radius 1 is 0.378 bits per heavy atom. The molecule has 0 aromatic rings. The molecule has 0 aliphatic rings. The van der Waals surface area contributed by atoms with E-state index < -0.39 is 12.1 Å². The van der Waals surface area contributed by atoms with Gasteiger partial charge in [-0.3, -0.25) is 9.59 Å². The third kappa shape index (κ3) is 59.6. The van der Waals surface area contributed by atoms with Gasteiger partial charge in [0.05, 0.1) is 25.4 Å². The van der Waals surface area contributed by atoms with Crippen molar-refractivity contribution in [2.75, 3.05) is 13.2 Å². The average molecular weight is 1040 g/mol. The summed E-state index contributed by atoms with van der Waals surface area (Å²) in [7, 11) is 0. The van der Waals surface area contributed by atoms with E-state index in [0.29, 0.717) is 25.9 Å². The highest BCUT2D eigenvalue weighted by Crippen LogP contribution is 2.18. The lowest BCUT2D eigenvalue weighted by molar-refractivity contribution is -0.143. The zero-order chi connectivity index (χ0) is 53.6. The number of amides is 1. The fourth-order valence-corrected chi connectivity index (χ4v) is 10.6. The Balaban J connectivity index is 3.43. The van der Waals surface area contributed by atoms with Crippen molar-refractivity contribution in [2.45, 2.75) is 386 Å². The summed E-state index contributed by atoms with van der Waals surface area (Å²) in [5.74, 6) is -0.0309. The van der Waals surface area contributed by atoms with Crippen molar-refractivity contribution in [1.29, 1.82) is 0 Å². The molecule has 0 aliphatic carbocycles. The molecule has 0 bridgehead atoms. The Morgan fingerprint density at radius 3 is 1.03 bits per heavy atom. The van der Waals surface area contributed by atoms with Crippen LogP contribution in [-0.2, 0) is 14.3 Å². The van der Waals surface area contributed by atoms with Crippen LogP contribution < -0.4 is 5.32 Å². The third-order valence-electron chi connectivity index (χ3n) is 15.8. The summed E-state index contributed by atoms with van der Waals surface area (Å²) in [5, 5.41) is 23.3. The van der Waals surface area contributed by atoms with Crippen LogP contribution in [0.1, 0.15) is 373 Å². The van der Waals surface area contributed by atoms with Gasteiger partial charge >= 0.3 is 5.97 Å². The Morgan fingerprint density at radius 2 is 0.676 bits per heavy atom. The lowest BCUT2D eigenvalue weighted by Gasteiger charge is -2.22. The molecule has 3 N–H and O–H groups in total. The molecular formula is C68H131NO5. The number of aliphatic hydroxyl groups is 2. The van der Waals surface area contributed by atoms with E-state index in [1.54, 1.807) is 0 Å². The fraction of sp³-hybridized carbons (Fsp3) is 0.912. The van der Waals surface area contributed by atoms with Gasteiger partial charge in [-0.1, -0.05) is 327 Å². The smallest absolute Gasteiger partial charge is 0.305 e. The highest BCUT2D eigenvalue weighted by molar-refractivity contribution is 5.76. The van der Waals surface area contributed by atoms with Crippen LogP contribution in [0.25, 0.3) is 0 Å². The molecule has 438 valence electrons. The van der Waals surface area contributed by atoms with E-state index in [9.17, 15) is 19.8 Å². The highest BCUT2D eigenvalue weighted by atomic mass is 16.5. The minimum atomic E-state index is -0.671. The number of esters is 1. The van der Waals surface area contributed by atoms with Gasteiger partial charge in [0.1, 0.15) is 0 Å². The molecule has 0 saturated heterocycles. The van der Waals surface area contributed by atoms with Crippen molar-refractivity contribution in [3.8, 4) is 0 Å². The summed E-state index contributed by atoms with van der Waals surface area (Å²) in [6, 6.07) is -0.549.